The standard InChI is InChI=1S/C17H25NO4S.C2H6.2H2O/c1-16(2)10-12(11-17(3,4)18(16)20)15(19)22-13-6-5-7-14(23-21)9-8-13;1-2;;/h5-6,8-9,12,20-21H,7,10-11H2,1-4H3;1-2H3;2*1H2. The third-order valence-corrected chi connectivity index (χ3v) is 4.88. The number of hydroxylamine groups is 2. The van der Waals surface area contributed by atoms with Gasteiger partial charge in [-0.05, 0) is 65.2 Å². The van der Waals surface area contributed by atoms with Crippen LogP contribution in [0.2, 0.25) is 0 Å². The lowest BCUT2D eigenvalue weighted by Gasteiger charge is -2.50. The summed E-state index contributed by atoms with van der Waals surface area (Å²) in [5.41, 5.74) is -0.973. The van der Waals surface area contributed by atoms with E-state index in [0.717, 1.165) is 4.91 Å². The molecule has 0 spiro atoms. The van der Waals surface area contributed by atoms with E-state index < -0.39 is 11.1 Å². The Morgan fingerprint density at radius 1 is 1.15 bits per heavy atom. The van der Waals surface area contributed by atoms with Crippen molar-refractivity contribution in [2.24, 2.45) is 5.92 Å². The molecule has 2 aliphatic rings. The monoisotopic (exact) mass is 405 g/mol. The van der Waals surface area contributed by atoms with E-state index in [2.05, 4.69) is 0 Å². The Bertz CT molecular complexity index is 551. The molecule has 1 aliphatic heterocycles. The van der Waals surface area contributed by atoms with Crippen LogP contribution in [0.1, 0.15) is 60.8 Å². The summed E-state index contributed by atoms with van der Waals surface area (Å²) in [4.78, 5) is 13.3. The van der Waals surface area contributed by atoms with Crippen molar-refractivity contribution in [2.45, 2.75) is 71.9 Å². The highest BCUT2D eigenvalue weighted by atomic mass is 32.2. The molecule has 0 amide bonds. The minimum Gasteiger partial charge on any atom is -0.426 e. The molecule has 1 heterocycles. The largest absolute Gasteiger partial charge is 0.426 e. The van der Waals surface area contributed by atoms with E-state index in [-0.39, 0.29) is 22.8 Å². The van der Waals surface area contributed by atoms with Gasteiger partial charge in [0.25, 0.3) is 0 Å². The molecule has 1 aliphatic carbocycles. The Kier molecular flexibility index (Phi) is 12.1. The fraction of sp³-hybridized carbons (Fsp3) is 0.632. The van der Waals surface area contributed by atoms with Crippen LogP contribution in [-0.2, 0) is 9.53 Å². The van der Waals surface area contributed by atoms with Gasteiger partial charge in [0.05, 0.1) is 5.92 Å². The maximum absolute atomic E-state index is 12.5. The molecule has 6 N–H and O–H groups in total. The number of hydrogen-bond acceptors (Lipinski definition) is 6. The molecular formula is C19H35NO6S. The molecule has 2 rings (SSSR count). The molecule has 158 valence electrons. The van der Waals surface area contributed by atoms with Crippen LogP contribution in [0.4, 0.5) is 0 Å². The molecule has 0 atom stereocenters. The summed E-state index contributed by atoms with van der Waals surface area (Å²) < 4.78 is 14.6. The zero-order valence-electron chi connectivity index (χ0n) is 17.1. The van der Waals surface area contributed by atoms with Crippen LogP contribution in [-0.4, -0.2) is 42.8 Å². The van der Waals surface area contributed by atoms with Gasteiger partial charge in [-0.2, -0.15) is 5.06 Å². The first kappa shape index (κ1) is 28.1. The van der Waals surface area contributed by atoms with E-state index in [4.69, 9.17) is 9.29 Å². The van der Waals surface area contributed by atoms with Gasteiger partial charge < -0.3 is 25.4 Å². The number of piperidine rings is 1. The topological polar surface area (TPSA) is 133 Å². The van der Waals surface area contributed by atoms with E-state index in [1.54, 1.807) is 18.2 Å². The Labute approximate surface area is 166 Å². The fourth-order valence-electron chi connectivity index (χ4n) is 3.36. The number of esters is 1. The molecule has 7 nitrogen and oxygen atoms in total. The van der Waals surface area contributed by atoms with Gasteiger partial charge in [-0.1, -0.05) is 19.9 Å². The summed E-state index contributed by atoms with van der Waals surface area (Å²) in [6, 6.07) is 0. The van der Waals surface area contributed by atoms with Crippen LogP contribution in [0.25, 0.3) is 0 Å². The van der Waals surface area contributed by atoms with E-state index in [1.807, 2.05) is 47.6 Å². The zero-order valence-corrected chi connectivity index (χ0v) is 17.9. The second-order valence-electron chi connectivity index (χ2n) is 7.36. The highest BCUT2D eigenvalue weighted by Crippen LogP contribution is 2.40. The van der Waals surface area contributed by atoms with E-state index in [9.17, 15) is 10.0 Å². The number of allylic oxidation sites excluding steroid dienone is 5. The van der Waals surface area contributed by atoms with Crippen LogP contribution in [0.5, 0.6) is 0 Å². The predicted molar refractivity (Wildman–Crippen MR) is 109 cm³/mol. The molecule has 0 bridgehead atoms. The van der Waals surface area contributed by atoms with Crippen molar-refractivity contribution < 1.29 is 30.2 Å². The molecule has 0 aromatic heterocycles. The summed E-state index contributed by atoms with van der Waals surface area (Å²) in [6.45, 7) is 11.7. The average molecular weight is 406 g/mol. The van der Waals surface area contributed by atoms with Crippen LogP contribution in [0, 0.1) is 5.92 Å². The lowest BCUT2D eigenvalue weighted by molar-refractivity contribution is -0.251. The van der Waals surface area contributed by atoms with E-state index >= 15 is 0 Å². The van der Waals surface area contributed by atoms with Crippen LogP contribution in [0.3, 0.4) is 0 Å². The minimum atomic E-state index is -0.486. The molecule has 27 heavy (non-hydrogen) atoms. The summed E-state index contributed by atoms with van der Waals surface area (Å²) in [7, 11) is 0. The Balaban J connectivity index is 0. The van der Waals surface area contributed by atoms with Gasteiger partial charge in [0, 0.05) is 28.0 Å². The summed E-state index contributed by atoms with van der Waals surface area (Å²) in [5, 5.41) is 11.7. The smallest absolute Gasteiger partial charge is 0.314 e. The lowest BCUT2D eigenvalue weighted by atomic mass is 9.75. The van der Waals surface area contributed by atoms with Crippen LogP contribution >= 0.6 is 12.0 Å². The summed E-state index contributed by atoms with van der Waals surface area (Å²) in [5.74, 6) is -0.0682. The van der Waals surface area contributed by atoms with Crippen molar-refractivity contribution in [1.29, 1.82) is 0 Å². The van der Waals surface area contributed by atoms with Crippen molar-refractivity contribution in [3.63, 3.8) is 0 Å². The molecule has 0 aromatic carbocycles. The van der Waals surface area contributed by atoms with Gasteiger partial charge >= 0.3 is 5.97 Å². The highest BCUT2D eigenvalue weighted by Gasteiger charge is 2.47. The first-order valence-electron chi connectivity index (χ1n) is 8.75. The zero-order chi connectivity index (χ0) is 19.3. The second kappa shape index (κ2) is 11.6. The molecular weight excluding hydrogens is 370 g/mol. The molecule has 8 heteroatoms. The molecule has 0 saturated carbocycles. The number of rotatable bonds is 3. The summed E-state index contributed by atoms with van der Waals surface area (Å²) in [6.07, 6.45) is 8.73. The Morgan fingerprint density at radius 2 is 1.67 bits per heavy atom. The van der Waals surface area contributed by atoms with Gasteiger partial charge in [-0.15, -0.1) is 0 Å². The second-order valence-corrected chi connectivity index (χ2v) is 8.07. The van der Waals surface area contributed by atoms with Gasteiger partial charge in [0.1, 0.15) is 5.76 Å². The molecule has 0 unspecified atom stereocenters. The van der Waals surface area contributed by atoms with Gasteiger partial charge in [-0.3, -0.25) is 4.79 Å². The number of nitrogens with zero attached hydrogens (tertiary/aromatic N) is 1. The predicted octanol–water partition coefficient (Wildman–Crippen LogP) is 3.50. The van der Waals surface area contributed by atoms with Gasteiger partial charge in [0.15, 0.2) is 0 Å². The highest BCUT2D eigenvalue weighted by molar-refractivity contribution is 7.97. The Hall–Kier alpha value is -1.16. The van der Waals surface area contributed by atoms with Crippen LogP contribution < -0.4 is 0 Å². The Morgan fingerprint density at radius 3 is 2.15 bits per heavy atom. The number of ether oxygens (including phenoxy) is 1. The fourth-order valence-corrected chi connectivity index (χ4v) is 3.66. The minimum absolute atomic E-state index is 0. The number of hydrogen-bond donors (Lipinski definition) is 2. The van der Waals surface area contributed by atoms with Crippen molar-refractivity contribution in [3.05, 3.63) is 35.0 Å². The van der Waals surface area contributed by atoms with E-state index in [1.165, 1.54) is 5.06 Å². The molecule has 0 radical (unpaired) electrons. The quantitative estimate of drug-likeness (QED) is 0.545. The molecule has 0 aromatic rings. The summed E-state index contributed by atoms with van der Waals surface area (Å²) >= 11 is 0.699. The van der Waals surface area contributed by atoms with Crippen LogP contribution in [0.15, 0.2) is 35.0 Å². The van der Waals surface area contributed by atoms with Gasteiger partial charge in [-0.25, -0.2) is 0 Å². The third kappa shape index (κ3) is 7.40. The SMILES string of the molecule is CC.CC1(C)CC(C(=O)OC2=CC=C(SO)CC=C2)CC(C)(C)N1O.O.O. The van der Waals surface area contributed by atoms with Crippen molar-refractivity contribution >= 4 is 18.0 Å². The average Bonchev–Trinajstić information content (AvgIpc) is 2.79. The third-order valence-electron chi connectivity index (χ3n) is 4.34. The van der Waals surface area contributed by atoms with Crippen molar-refractivity contribution in [3.8, 4) is 0 Å². The maximum atomic E-state index is 12.5. The first-order valence-corrected chi connectivity index (χ1v) is 9.53. The van der Waals surface area contributed by atoms with Crippen molar-refractivity contribution in [2.75, 3.05) is 0 Å². The maximum Gasteiger partial charge on any atom is 0.314 e. The lowest BCUT2D eigenvalue weighted by Crippen LogP contribution is -2.59. The van der Waals surface area contributed by atoms with E-state index in [0.29, 0.717) is 37.1 Å². The molecule has 1 saturated heterocycles. The van der Waals surface area contributed by atoms with Gasteiger partial charge in [0.2, 0.25) is 0 Å². The van der Waals surface area contributed by atoms with Crippen molar-refractivity contribution in [1.82, 2.24) is 5.06 Å². The number of carbonyl (C=O) groups is 1. The first-order chi connectivity index (χ1) is 11.7. The normalized spacial score (nSPS) is 21.2. The number of carbonyl (C=O) groups excluding carboxylic acids is 1. The molecule has 1 fully saturated rings.